The van der Waals surface area contributed by atoms with Crippen LogP contribution in [0.1, 0.15) is 5.56 Å². The van der Waals surface area contributed by atoms with Crippen molar-refractivity contribution < 1.29 is 0 Å². The maximum atomic E-state index is 5.62. The van der Waals surface area contributed by atoms with Gasteiger partial charge in [0.05, 0.1) is 6.33 Å². The van der Waals surface area contributed by atoms with Crippen molar-refractivity contribution in [3.05, 3.63) is 42.5 Å². The Morgan fingerprint density at radius 1 is 1.19 bits per heavy atom. The first-order valence-electron chi connectivity index (χ1n) is 6.69. The lowest BCUT2D eigenvalue weighted by atomic mass is 10.1. The number of benzene rings is 1. The fourth-order valence-electron chi connectivity index (χ4n) is 2.46. The van der Waals surface area contributed by atoms with Crippen LogP contribution in [0.2, 0.25) is 0 Å². The zero-order valence-corrected chi connectivity index (χ0v) is 11.2. The molecule has 104 valence electrons. The number of imidazole rings is 1. The Hall–Kier alpha value is -2.80. The molecule has 0 aliphatic heterocycles. The molecule has 0 unspecified atom stereocenters. The van der Waals surface area contributed by atoms with Crippen molar-refractivity contribution in [2.45, 2.75) is 6.42 Å². The van der Waals surface area contributed by atoms with E-state index in [0.717, 1.165) is 29.0 Å². The Kier molecular flexibility index (Phi) is 2.65. The normalized spacial score (nSPS) is 11.5. The van der Waals surface area contributed by atoms with Gasteiger partial charge in [-0.15, -0.1) is 10.2 Å². The number of aromatic amines is 1. The third kappa shape index (κ3) is 1.86. The maximum absolute atomic E-state index is 5.62. The monoisotopic (exact) mass is 279 g/mol. The zero-order valence-electron chi connectivity index (χ0n) is 11.2. The summed E-state index contributed by atoms with van der Waals surface area (Å²) in [5, 5.41) is 8.54. The first-order chi connectivity index (χ1) is 10.4. The van der Waals surface area contributed by atoms with Gasteiger partial charge in [-0.25, -0.2) is 9.97 Å². The number of nitrogens with zero attached hydrogens (tertiary/aromatic N) is 5. The zero-order chi connectivity index (χ0) is 14.2. The lowest BCUT2D eigenvalue weighted by Gasteiger charge is -2.03. The van der Waals surface area contributed by atoms with Crippen LogP contribution >= 0.6 is 0 Å². The highest BCUT2D eigenvalue weighted by atomic mass is 15.3. The van der Waals surface area contributed by atoms with Gasteiger partial charge in [-0.2, -0.15) is 0 Å². The number of H-pyrrole nitrogens is 1. The van der Waals surface area contributed by atoms with Gasteiger partial charge in [0.15, 0.2) is 17.1 Å². The maximum Gasteiger partial charge on any atom is 0.190 e. The van der Waals surface area contributed by atoms with Crippen molar-refractivity contribution in [3.63, 3.8) is 0 Å². The predicted molar refractivity (Wildman–Crippen MR) is 78.6 cm³/mol. The second kappa shape index (κ2) is 4.64. The molecule has 7 heteroatoms. The summed E-state index contributed by atoms with van der Waals surface area (Å²) in [7, 11) is 0. The summed E-state index contributed by atoms with van der Waals surface area (Å²) >= 11 is 0. The van der Waals surface area contributed by atoms with E-state index in [9.17, 15) is 0 Å². The van der Waals surface area contributed by atoms with Gasteiger partial charge in [-0.3, -0.25) is 4.40 Å². The van der Waals surface area contributed by atoms with Gasteiger partial charge in [0.25, 0.3) is 0 Å². The summed E-state index contributed by atoms with van der Waals surface area (Å²) in [5.41, 5.74) is 9.94. The number of fused-ring (bicyclic) bond motifs is 3. The summed E-state index contributed by atoms with van der Waals surface area (Å²) in [5.74, 6) is 0.757. The van der Waals surface area contributed by atoms with E-state index >= 15 is 0 Å². The number of rotatable bonds is 3. The first kappa shape index (κ1) is 12.0. The van der Waals surface area contributed by atoms with Crippen LogP contribution in [0.3, 0.4) is 0 Å². The van der Waals surface area contributed by atoms with Gasteiger partial charge in [0, 0.05) is 5.56 Å². The highest BCUT2D eigenvalue weighted by Gasteiger charge is 2.12. The topological polar surface area (TPSA) is 97.8 Å². The Labute approximate surface area is 119 Å². The molecule has 0 saturated heterocycles. The number of nitrogens with one attached hydrogen (secondary N) is 1. The molecule has 0 radical (unpaired) electrons. The molecule has 21 heavy (non-hydrogen) atoms. The fourth-order valence-corrected chi connectivity index (χ4v) is 2.46. The van der Waals surface area contributed by atoms with Crippen molar-refractivity contribution in [2.24, 2.45) is 5.73 Å². The van der Waals surface area contributed by atoms with Crippen LogP contribution in [0.4, 0.5) is 0 Å². The molecule has 0 fully saturated rings. The standard InChI is InChI=1S/C14H13N7/c15-5-4-9-2-1-3-10(6-9)13-19-20-14-11-12(17-7-16-11)18-8-21(13)14/h1-3,6-8H,4-5,15H2,(H,16,17). The summed E-state index contributed by atoms with van der Waals surface area (Å²) in [4.78, 5) is 11.5. The van der Waals surface area contributed by atoms with Gasteiger partial charge >= 0.3 is 0 Å². The molecule has 3 aromatic heterocycles. The second-order valence-corrected chi connectivity index (χ2v) is 4.80. The largest absolute Gasteiger partial charge is 0.340 e. The van der Waals surface area contributed by atoms with Crippen LogP contribution in [0, 0.1) is 0 Å². The van der Waals surface area contributed by atoms with Crippen molar-refractivity contribution in [1.29, 1.82) is 0 Å². The van der Waals surface area contributed by atoms with Crippen LogP contribution < -0.4 is 5.73 Å². The lowest BCUT2D eigenvalue weighted by Crippen LogP contribution is -2.02. The minimum atomic E-state index is 0.625. The summed E-state index contributed by atoms with van der Waals surface area (Å²) in [6, 6.07) is 8.16. The van der Waals surface area contributed by atoms with E-state index in [4.69, 9.17) is 5.73 Å². The minimum Gasteiger partial charge on any atom is -0.340 e. The van der Waals surface area contributed by atoms with Crippen molar-refractivity contribution in [2.75, 3.05) is 6.54 Å². The number of hydrogen-bond donors (Lipinski definition) is 2. The van der Waals surface area contributed by atoms with Gasteiger partial charge in [-0.05, 0) is 24.6 Å². The van der Waals surface area contributed by atoms with Gasteiger partial charge < -0.3 is 10.7 Å². The third-order valence-corrected chi connectivity index (χ3v) is 3.45. The molecule has 0 saturated carbocycles. The molecule has 3 N–H and O–H groups in total. The number of aromatic nitrogens is 6. The fraction of sp³-hybridized carbons (Fsp3) is 0.143. The Morgan fingerprint density at radius 2 is 2.14 bits per heavy atom. The van der Waals surface area contributed by atoms with E-state index in [2.05, 4.69) is 37.3 Å². The molecule has 4 aromatic rings. The molecule has 0 atom stereocenters. The third-order valence-electron chi connectivity index (χ3n) is 3.45. The molecule has 7 nitrogen and oxygen atoms in total. The SMILES string of the molecule is NCCc1cccc(-c2nnc3c4[nH]cnc4ncn23)c1. The highest BCUT2D eigenvalue weighted by Crippen LogP contribution is 2.21. The Bertz CT molecular complexity index is 921. The van der Waals surface area contributed by atoms with Gasteiger partial charge in [0.1, 0.15) is 11.8 Å². The van der Waals surface area contributed by atoms with E-state index in [1.165, 1.54) is 5.56 Å². The molecule has 0 aliphatic rings. The van der Waals surface area contributed by atoms with E-state index in [1.807, 2.05) is 16.5 Å². The van der Waals surface area contributed by atoms with Crippen molar-refractivity contribution >= 4 is 16.8 Å². The molecule has 0 bridgehead atoms. The Morgan fingerprint density at radius 3 is 3.05 bits per heavy atom. The smallest absolute Gasteiger partial charge is 0.190 e. The number of nitrogens with two attached hydrogens (primary N) is 1. The second-order valence-electron chi connectivity index (χ2n) is 4.80. The highest BCUT2D eigenvalue weighted by molar-refractivity contribution is 5.85. The molecule has 0 aliphatic carbocycles. The predicted octanol–water partition coefficient (Wildman–Crippen LogP) is 1.17. The van der Waals surface area contributed by atoms with Gasteiger partial charge in [-0.1, -0.05) is 18.2 Å². The van der Waals surface area contributed by atoms with Crippen LogP contribution in [0.5, 0.6) is 0 Å². The molecule has 0 amide bonds. The minimum absolute atomic E-state index is 0.625. The average molecular weight is 279 g/mol. The molecular formula is C14H13N7. The number of hydrogen-bond acceptors (Lipinski definition) is 5. The average Bonchev–Trinajstić information content (AvgIpc) is 3.13. The van der Waals surface area contributed by atoms with Crippen LogP contribution in [-0.2, 0) is 6.42 Å². The quantitative estimate of drug-likeness (QED) is 0.586. The van der Waals surface area contributed by atoms with Gasteiger partial charge in [0.2, 0.25) is 0 Å². The summed E-state index contributed by atoms with van der Waals surface area (Å²) < 4.78 is 1.86. The molecular weight excluding hydrogens is 266 g/mol. The summed E-state index contributed by atoms with van der Waals surface area (Å²) in [6.45, 7) is 0.625. The molecule has 0 spiro atoms. The lowest BCUT2D eigenvalue weighted by molar-refractivity contribution is 0.968. The first-order valence-corrected chi connectivity index (χ1v) is 6.69. The van der Waals surface area contributed by atoms with E-state index in [1.54, 1.807) is 12.7 Å². The van der Waals surface area contributed by atoms with Crippen LogP contribution in [0.15, 0.2) is 36.9 Å². The van der Waals surface area contributed by atoms with Crippen molar-refractivity contribution in [3.8, 4) is 11.4 Å². The van der Waals surface area contributed by atoms with Crippen LogP contribution in [-0.4, -0.2) is 36.1 Å². The molecule has 3 heterocycles. The summed E-state index contributed by atoms with van der Waals surface area (Å²) in [6.07, 6.45) is 4.14. The van der Waals surface area contributed by atoms with Crippen molar-refractivity contribution in [1.82, 2.24) is 29.5 Å². The van der Waals surface area contributed by atoms with E-state index in [0.29, 0.717) is 12.2 Å². The van der Waals surface area contributed by atoms with E-state index < -0.39 is 0 Å². The Balaban J connectivity index is 1.92. The molecule has 1 aromatic carbocycles. The van der Waals surface area contributed by atoms with E-state index in [-0.39, 0.29) is 0 Å². The molecule has 4 rings (SSSR count). The van der Waals surface area contributed by atoms with Crippen LogP contribution in [0.25, 0.3) is 28.2 Å².